The average Bonchev–Trinajstić information content (AvgIpc) is 3.22. The third-order valence-corrected chi connectivity index (χ3v) is 5.03. The predicted octanol–water partition coefficient (Wildman–Crippen LogP) is 3.09. The number of nitrogens with two attached hydrogens (primary N) is 1. The van der Waals surface area contributed by atoms with Gasteiger partial charge in [0.2, 0.25) is 5.16 Å². The van der Waals surface area contributed by atoms with Crippen molar-refractivity contribution in [3.63, 3.8) is 0 Å². The van der Waals surface area contributed by atoms with Gasteiger partial charge in [0.1, 0.15) is 0 Å². The van der Waals surface area contributed by atoms with E-state index in [1.807, 2.05) is 16.8 Å². The Labute approximate surface area is 133 Å². The fourth-order valence-electron chi connectivity index (χ4n) is 2.14. The zero-order valence-electron chi connectivity index (χ0n) is 11.9. The number of aromatic nitrogens is 4. The molecule has 1 unspecified atom stereocenters. The number of nitrogens with zero attached hydrogens (tertiary/aromatic N) is 4. The Morgan fingerprint density at radius 2 is 2.29 bits per heavy atom. The summed E-state index contributed by atoms with van der Waals surface area (Å²) in [5.41, 5.74) is 7.18. The van der Waals surface area contributed by atoms with Crippen molar-refractivity contribution in [3.8, 4) is 0 Å². The van der Waals surface area contributed by atoms with E-state index in [-0.39, 0.29) is 6.04 Å². The first kappa shape index (κ1) is 14.8. The number of benzene rings is 1. The van der Waals surface area contributed by atoms with E-state index in [0.717, 1.165) is 46.3 Å². The van der Waals surface area contributed by atoms with Crippen molar-refractivity contribution in [1.82, 2.24) is 20.2 Å². The molecule has 0 saturated heterocycles. The monoisotopic (exact) mass is 323 g/mol. The van der Waals surface area contributed by atoms with Crippen LogP contribution in [0.15, 0.2) is 28.3 Å². The van der Waals surface area contributed by atoms with Gasteiger partial charge < -0.3 is 5.73 Å². The van der Waals surface area contributed by atoms with E-state index < -0.39 is 0 Å². The Hall–Kier alpha value is -1.11. The Kier molecular flexibility index (Phi) is 4.47. The highest BCUT2D eigenvalue weighted by atomic mass is 35.5. The molecule has 1 aliphatic carbocycles. The summed E-state index contributed by atoms with van der Waals surface area (Å²) in [6.07, 6.45) is 4.00. The lowest BCUT2D eigenvalue weighted by atomic mass is 10.0. The number of tetrazole rings is 1. The van der Waals surface area contributed by atoms with Crippen LogP contribution in [0.2, 0.25) is 5.02 Å². The molecule has 1 atom stereocenters. The molecule has 5 nitrogen and oxygen atoms in total. The summed E-state index contributed by atoms with van der Waals surface area (Å²) >= 11 is 7.93. The first-order valence-corrected chi connectivity index (χ1v) is 8.37. The van der Waals surface area contributed by atoms with Crippen molar-refractivity contribution < 1.29 is 0 Å². The molecular formula is C14H18ClN5S. The van der Waals surface area contributed by atoms with Crippen LogP contribution in [0, 0.1) is 0 Å². The predicted molar refractivity (Wildman–Crippen MR) is 83.6 cm³/mol. The Morgan fingerprint density at radius 1 is 1.48 bits per heavy atom. The minimum Gasteiger partial charge on any atom is -0.327 e. The standard InChI is InChI=1S/C14H18ClN5S/c1-2-9(16)8-11-12(15)4-3-5-13(11)21-14-17-18-19-20(14)10-6-7-10/h3-5,9-10H,2,6-8,16H2,1H3. The van der Waals surface area contributed by atoms with Crippen LogP contribution < -0.4 is 5.73 Å². The van der Waals surface area contributed by atoms with E-state index in [0.29, 0.717) is 6.04 Å². The van der Waals surface area contributed by atoms with Crippen LogP contribution in [0.3, 0.4) is 0 Å². The van der Waals surface area contributed by atoms with Gasteiger partial charge in [0.15, 0.2) is 0 Å². The van der Waals surface area contributed by atoms with Gasteiger partial charge in [-0.3, -0.25) is 0 Å². The van der Waals surface area contributed by atoms with Gasteiger partial charge in [-0.15, -0.1) is 5.10 Å². The van der Waals surface area contributed by atoms with Gasteiger partial charge in [-0.1, -0.05) is 24.6 Å². The quantitative estimate of drug-likeness (QED) is 0.884. The highest BCUT2D eigenvalue weighted by Crippen LogP contribution is 2.39. The highest BCUT2D eigenvalue weighted by Gasteiger charge is 2.28. The number of rotatable bonds is 6. The number of hydrogen-bond acceptors (Lipinski definition) is 5. The molecule has 3 rings (SSSR count). The summed E-state index contributed by atoms with van der Waals surface area (Å²) in [5.74, 6) is 0. The van der Waals surface area contributed by atoms with Gasteiger partial charge in [0, 0.05) is 16.0 Å². The molecule has 2 aromatic rings. The van der Waals surface area contributed by atoms with Crippen molar-refractivity contribution in [1.29, 1.82) is 0 Å². The molecule has 1 aromatic heterocycles. The lowest BCUT2D eigenvalue weighted by molar-refractivity contribution is 0.565. The van der Waals surface area contributed by atoms with Crippen LogP contribution in [-0.2, 0) is 6.42 Å². The second kappa shape index (κ2) is 6.34. The largest absolute Gasteiger partial charge is 0.327 e. The molecule has 2 N–H and O–H groups in total. The Morgan fingerprint density at radius 3 is 3.00 bits per heavy atom. The molecule has 21 heavy (non-hydrogen) atoms. The molecule has 0 radical (unpaired) electrons. The van der Waals surface area contributed by atoms with Crippen LogP contribution >= 0.6 is 23.4 Å². The lowest BCUT2D eigenvalue weighted by Crippen LogP contribution is -2.21. The number of hydrogen-bond donors (Lipinski definition) is 1. The maximum absolute atomic E-state index is 6.36. The van der Waals surface area contributed by atoms with Crippen LogP contribution in [0.1, 0.15) is 37.8 Å². The van der Waals surface area contributed by atoms with Gasteiger partial charge in [-0.05, 0) is 65.6 Å². The van der Waals surface area contributed by atoms with Gasteiger partial charge in [0.25, 0.3) is 0 Å². The fourth-order valence-corrected chi connectivity index (χ4v) is 3.46. The minimum absolute atomic E-state index is 0.115. The molecule has 0 aliphatic heterocycles. The molecule has 0 spiro atoms. The lowest BCUT2D eigenvalue weighted by Gasteiger charge is -2.14. The molecule has 1 saturated carbocycles. The van der Waals surface area contributed by atoms with E-state index in [4.69, 9.17) is 17.3 Å². The van der Waals surface area contributed by atoms with Crippen molar-refractivity contribution in [2.45, 2.75) is 54.7 Å². The summed E-state index contributed by atoms with van der Waals surface area (Å²) in [5, 5.41) is 13.6. The Balaban J connectivity index is 1.87. The average molecular weight is 324 g/mol. The van der Waals surface area contributed by atoms with Crippen LogP contribution in [0.5, 0.6) is 0 Å². The second-order valence-corrected chi connectivity index (χ2v) is 6.74. The third kappa shape index (κ3) is 3.39. The van der Waals surface area contributed by atoms with Crippen molar-refractivity contribution in [2.75, 3.05) is 0 Å². The first-order chi connectivity index (χ1) is 10.2. The SMILES string of the molecule is CCC(N)Cc1c(Cl)cccc1Sc1nnnn1C1CC1. The smallest absolute Gasteiger partial charge is 0.214 e. The normalized spacial score (nSPS) is 16.1. The number of halogens is 1. The molecule has 0 bridgehead atoms. The van der Waals surface area contributed by atoms with Crippen molar-refractivity contribution in [3.05, 3.63) is 28.8 Å². The van der Waals surface area contributed by atoms with Crippen LogP contribution in [0.4, 0.5) is 0 Å². The molecule has 7 heteroatoms. The molecule has 1 fully saturated rings. The van der Waals surface area contributed by atoms with Gasteiger partial charge in [0.05, 0.1) is 6.04 Å². The molecule has 1 aromatic carbocycles. The van der Waals surface area contributed by atoms with Gasteiger partial charge in [-0.25, -0.2) is 4.68 Å². The Bertz CT molecular complexity index is 626. The van der Waals surface area contributed by atoms with E-state index in [2.05, 4.69) is 28.5 Å². The zero-order chi connectivity index (χ0) is 14.8. The molecule has 1 aliphatic rings. The first-order valence-electron chi connectivity index (χ1n) is 7.17. The van der Waals surface area contributed by atoms with E-state index in [9.17, 15) is 0 Å². The maximum Gasteiger partial charge on any atom is 0.214 e. The van der Waals surface area contributed by atoms with Crippen LogP contribution in [0.25, 0.3) is 0 Å². The maximum atomic E-state index is 6.36. The van der Waals surface area contributed by atoms with Crippen LogP contribution in [-0.4, -0.2) is 26.2 Å². The summed E-state index contributed by atoms with van der Waals surface area (Å²) in [6.45, 7) is 2.09. The molecule has 0 amide bonds. The van der Waals surface area contributed by atoms with Gasteiger partial charge >= 0.3 is 0 Å². The van der Waals surface area contributed by atoms with E-state index >= 15 is 0 Å². The van der Waals surface area contributed by atoms with Crippen molar-refractivity contribution >= 4 is 23.4 Å². The third-order valence-electron chi connectivity index (χ3n) is 3.62. The summed E-state index contributed by atoms with van der Waals surface area (Å²) < 4.78 is 1.91. The summed E-state index contributed by atoms with van der Waals surface area (Å²) in [7, 11) is 0. The molecule has 1 heterocycles. The zero-order valence-corrected chi connectivity index (χ0v) is 13.4. The molecule has 112 valence electrons. The topological polar surface area (TPSA) is 69.6 Å². The minimum atomic E-state index is 0.115. The highest BCUT2D eigenvalue weighted by molar-refractivity contribution is 7.99. The fraction of sp³-hybridized carbons (Fsp3) is 0.500. The second-order valence-electron chi connectivity index (χ2n) is 5.33. The van der Waals surface area contributed by atoms with Gasteiger partial charge in [-0.2, -0.15) is 0 Å². The van der Waals surface area contributed by atoms with E-state index in [1.54, 1.807) is 11.8 Å². The summed E-state index contributed by atoms with van der Waals surface area (Å²) in [4.78, 5) is 1.09. The van der Waals surface area contributed by atoms with Crippen molar-refractivity contribution in [2.24, 2.45) is 5.73 Å². The molecular weight excluding hydrogens is 306 g/mol. The summed E-state index contributed by atoms with van der Waals surface area (Å²) in [6, 6.07) is 6.50. The van der Waals surface area contributed by atoms with E-state index in [1.165, 1.54) is 0 Å².